The van der Waals surface area contributed by atoms with Crippen LogP contribution in [0.1, 0.15) is 18.4 Å². The number of nitrogens with one attached hydrogen (secondary N) is 1. The minimum absolute atomic E-state index is 0. The number of halogens is 1. The molecule has 0 spiro atoms. The largest absolute Gasteiger partial charge is 0.493 e. The van der Waals surface area contributed by atoms with E-state index in [4.69, 9.17) is 26.4 Å². The maximum absolute atomic E-state index is 5.87. The minimum Gasteiger partial charge on any atom is -0.493 e. The molecule has 0 radical (unpaired) electrons. The Labute approximate surface area is 160 Å². The highest BCUT2D eigenvalue weighted by Crippen LogP contribution is 2.28. The van der Waals surface area contributed by atoms with Gasteiger partial charge < -0.3 is 25.3 Å². The van der Waals surface area contributed by atoms with Gasteiger partial charge in [-0.1, -0.05) is 12.0 Å². The van der Waals surface area contributed by atoms with Gasteiger partial charge >= 0.3 is 0 Å². The van der Waals surface area contributed by atoms with Crippen LogP contribution in [0.2, 0.25) is 0 Å². The third-order valence-corrected chi connectivity index (χ3v) is 3.51. The molecule has 7 heteroatoms. The van der Waals surface area contributed by atoms with Gasteiger partial charge in [0.05, 0.1) is 19.8 Å². The summed E-state index contributed by atoms with van der Waals surface area (Å²) in [6, 6.07) is 5.60. The fraction of sp³-hybridized carbons (Fsp3) is 0.471. The molecule has 1 atom stereocenters. The van der Waals surface area contributed by atoms with E-state index >= 15 is 0 Å². The van der Waals surface area contributed by atoms with Crippen molar-refractivity contribution in [2.75, 3.05) is 26.9 Å². The van der Waals surface area contributed by atoms with Crippen LogP contribution in [0.25, 0.3) is 0 Å². The lowest BCUT2D eigenvalue weighted by Gasteiger charge is -2.12. The van der Waals surface area contributed by atoms with Gasteiger partial charge in [0.25, 0.3) is 0 Å². The molecule has 1 aliphatic rings. The molecule has 132 valence electrons. The highest BCUT2D eigenvalue weighted by atomic mass is 127. The maximum atomic E-state index is 5.87. The minimum atomic E-state index is 0. The molecule has 0 saturated carbocycles. The van der Waals surface area contributed by atoms with Crippen molar-refractivity contribution in [3.05, 3.63) is 23.8 Å². The van der Waals surface area contributed by atoms with Gasteiger partial charge in [0.2, 0.25) is 0 Å². The molecule has 0 bridgehead atoms. The zero-order chi connectivity index (χ0) is 16.5. The van der Waals surface area contributed by atoms with E-state index in [1.807, 2.05) is 18.2 Å². The smallest absolute Gasteiger partial charge is 0.189 e. The first kappa shape index (κ1) is 20.4. The second kappa shape index (κ2) is 11.0. The van der Waals surface area contributed by atoms with Crippen LogP contribution < -0.4 is 20.5 Å². The Morgan fingerprint density at radius 2 is 2.33 bits per heavy atom. The highest BCUT2D eigenvalue weighted by Gasteiger charge is 2.14. The first-order chi connectivity index (χ1) is 11.2. The third kappa shape index (κ3) is 6.45. The van der Waals surface area contributed by atoms with E-state index in [2.05, 4.69) is 16.2 Å². The molecule has 0 aliphatic carbocycles. The summed E-state index contributed by atoms with van der Waals surface area (Å²) in [5.41, 5.74) is 6.83. The molecule has 1 aromatic carbocycles. The van der Waals surface area contributed by atoms with E-state index in [-0.39, 0.29) is 36.7 Å². The average molecular weight is 445 g/mol. The Kier molecular flexibility index (Phi) is 9.34. The molecule has 24 heavy (non-hydrogen) atoms. The lowest BCUT2D eigenvalue weighted by molar-refractivity contribution is 0.114. The first-order valence-corrected chi connectivity index (χ1v) is 7.61. The summed E-state index contributed by atoms with van der Waals surface area (Å²) in [6.07, 6.45) is 7.62. The maximum Gasteiger partial charge on any atom is 0.189 e. The first-order valence-electron chi connectivity index (χ1n) is 7.61. The molecule has 2 rings (SSSR count). The van der Waals surface area contributed by atoms with Gasteiger partial charge in [-0.3, -0.25) is 0 Å². The molecule has 1 fully saturated rings. The van der Waals surface area contributed by atoms with E-state index in [1.165, 1.54) is 0 Å². The van der Waals surface area contributed by atoms with E-state index in [9.17, 15) is 0 Å². The van der Waals surface area contributed by atoms with Crippen LogP contribution >= 0.6 is 24.0 Å². The Morgan fingerprint density at radius 3 is 3.00 bits per heavy atom. The van der Waals surface area contributed by atoms with E-state index in [1.54, 1.807) is 7.11 Å². The van der Waals surface area contributed by atoms with E-state index in [0.717, 1.165) is 25.0 Å². The van der Waals surface area contributed by atoms with Crippen LogP contribution in [0.5, 0.6) is 11.5 Å². The molecule has 3 N–H and O–H groups in total. The molecule has 1 aromatic rings. The number of benzene rings is 1. The van der Waals surface area contributed by atoms with Gasteiger partial charge in [-0.25, -0.2) is 4.99 Å². The summed E-state index contributed by atoms with van der Waals surface area (Å²) < 4.78 is 16.2. The van der Waals surface area contributed by atoms with Crippen LogP contribution in [-0.4, -0.2) is 38.9 Å². The Bertz CT molecular complexity index is 581. The van der Waals surface area contributed by atoms with Crippen molar-refractivity contribution < 1.29 is 14.2 Å². The zero-order valence-electron chi connectivity index (χ0n) is 13.8. The molecular weight excluding hydrogens is 421 g/mol. The number of rotatable bonds is 7. The summed E-state index contributed by atoms with van der Waals surface area (Å²) in [7, 11) is 1.59. The fourth-order valence-electron chi connectivity index (χ4n) is 2.31. The number of nitrogens with two attached hydrogens (primary N) is 1. The van der Waals surface area contributed by atoms with Gasteiger partial charge in [0.1, 0.15) is 6.61 Å². The Balaban J connectivity index is 0.00000288. The third-order valence-electron chi connectivity index (χ3n) is 3.51. The van der Waals surface area contributed by atoms with Crippen molar-refractivity contribution in [3.63, 3.8) is 0 Å². The van der Waals surface area contributed by atoms with Crippen molar-refractivity contribution in [2.24, 2.45) is 10.7 Å². The number of terminal acetylenes is 1. The van der Waals surface area contributed by atoms with Crippen molar-refractivity contribution in [2.45, 2.75) is 25.5 Å². The van der Waals surface area contributed by atoms with Gasteiger partial charge in [-0.2, -0.15) is 0 Å². The summed E-state index contributed by atoms with van der Waals surface area (Å²) in [5.74, 6) is 4.08. The predicted octanol–water partition coefficient (Wildman–Crippen LogP) is 1.91. The molecule has 1 aliphatic heterocycles. The number of methoxy groups -OCH3 is 1. The molecule has 0 aromatic heterocycles. The average Bonchev–Trinajstić information content (AvgIpc) is 3.09. The number of nitrogens with zero attached hydrogens (tertiary/aromatic N) is 1. The number of hydrogen-bond acceptors (Lipinski definition) is 4. The summed E-state index contributed by atoms with van der Waals surface area (Å²) >= 11 is 0. The molecule has 1 unspecified atom stereocenters. The summed E-state index contributed by atoms with van der Waals surface area (Å²) in [6.45, 7) is 2.15. The standard InChI is InChI=1S/C17H23N3O3.HI/c1-3-8-23-16-10-13(6-7-15(16)21-2)11-19-17(18)20-12-14-5-4-9-22-14;/h1,6-7,10,14H,4-5,8-9,11-12H2,2H3,(H3,18,19,20);1H. The number of guanidine groups is 1. The lowest BCUT2D eigenvalue weighted by Crippen LogP contribution is -2.37. The predicted molar refractivity (Wildman–Crippen MR) is 105 cm³/mol. The van der Waals surface area contributed by atoms with Gasteiger partial charge in [0.15, 0.2) is 17.5 Å². The molecule has 1 heterocycles. The van der Waals surface area contributed by atoms with E-state index in [0.29, 0.717) is 30.5 Å². The normalized spacial score (nSPS) is 16.8. The number of aliphatic imine (C=N–C) groups is 1. The number of hydrogen-bond donors (Lipinski definition) is 2. The van der Waals surface area contributed by atoms with Crippen LogP contribution in [0, 0.1) is 12.3 Å². The lowest BCUT2D eigenvalue weighted by atomic mass is 10.2. The zero-order valence-corrected chi connectivity index (χ0v) is 16.1. The van der Waals surface area contributed by atoms with Crippen molar-refractivity contribution in [1.29, 1.82) is 0 Å². The Hall–Kier alpha value is -1.66. The fourth-order valence-corrected chi connectivity index (χ4v) is 2.31. The Morgan fingerprint density at radius 1 is 1.50 bits per heavy atom. The summed E-state index contributed by atoms with van der Waals surface area (Å²) in [5, 5.41) is 3.09. The van der Waals surface area contributed by atoms with Crippen LogP contribution in [-0.2, 0) is 11.3 Å². The van der Waals surface area contributed by atoms with Crippen molar-refractivity contribution in [3.8, 4) is 23.8 Å². The molecular formula is C17H24IN3O3. The van der Waals surface area contributed by atoms with Gasteiger partial charge in [0, 0.05) is 13.2 Å². The van der Waals surface area contributed by atoms with Gasteiger partial charge in [-0.05, 0) is 30.5 Å². The molecule has 0 amide bonds. The summed E-state index contributed by atoms with van der Waals surface area (Å²) in [4.78, 5) is 4.32. The van der Waals surface area contributed by atoms with Crippen molar-refractivity contribution in [1.82, 2.24) is 5.32 Å². The molecule has 6 nitrogen and oxygen atoms in total. The topological polar surface area (TPSA) is 78.1 Å². The highest BCUT2D eigenvalue weighted by molar-refractivity contribution is 14.0. The van der Waals surface area contributed by atoms with Crippen LogP contribution in [0.15, 0.2) is 23.2 Å². The van der Waals surface area contributed by atoms with E-state index < -0.39 is 0 Å². The van der Waals surface area contributed by atoms with Gasteiger partial charge in [-0.15, -0.1) is 30.4 Å². The quantitative estimate of drug-likeness (QED) is 0.290. The van der Waals surface area contributed by atoms with Crippen LogP contribution in [0.4, 0.5) is 0 Å². The monoisotopic (exact) mass is 445 g/mol. The van der Waals surface area contributed by atoms with Crippen LogP contribution in [0.3, 0.4) is 0 Å². The molecule has 1 saturated heterocycles. The second-order valence-corrected chi connectivity index (χ2v) is 5.20. The number of ether oxygens (including phenoxy) is 3. The SMILES string of the molecule is C#CCOc1cc(CN=C(N)NCC2CCCO2)ccc1OC.I. The van der Waals surface area contributed by atoms with Crippen molar-refractivity contribution >= 4 is 29.9 Å². The second-order valence-electron chi connectivity index (χ2n) is 5.20.